The van der Waals surface area contributed by atoms with E-state index in [4.69, 9.17) is 14.7 Å². The first-order chi connectivity index (χ1) is 5.04. The highest BCUT2D eigenvalue weighted by molar-refractivity contribution is 4.79. The van der Waals surface area contributed by atoms with Crippen LogP contribution in [0.5, 0.6) is 0 Å². The summed E-state index contributed by atoms with van der Waals surface area (Å²) in [4.78, 5) is 4.19. The van der Waals surface area contributed by atoms with Crippen LogP contribution in [-0.4, -0.2) is 23.9 Å². The highest BCUT2D eigenvalue weighted by atomic mass is 17.2. The van der Waals surface area contributed by atoms with Crippen molar-refractivity contribution in [2.45, 2.75) is 38.3 Å². The van der Waals surface area contributed by atoms with E-state index in [0.29, 0.717) is 6.42 Å². The van der Waals surface area contributed by atoms with E-state index < -0.39 is 11.6 Å². The number of hydrogen-bond acceptors (Lipinski definition) is 4. The Morgan fingerprint density at radius 2 is 1.82 bits per heavy atom. The van der Waals surface area contributed by atoms with Crippen LogP contribution in [0.15, 0.2) is 0 Å². The maximum Gasteiger partial charge on any atom is 0.201 e. The molecule has 0 bridgehead atoms. The lowest BCUT2D eigenvalue weighted by atomic mass is 10.1. The van der Waals surface area contributed by atoms with Crippen molar-refractivity contribution in [1.82, 2.24) is 0 Å². The molecular formula is C7H14O4. The van der Waals surface area contributed by atoms with Crippen molar-refractivity contribution in [2.24, 2.45) is 0 Å². The molecule has 0 radical (unpaired) electrons. The number of hydrogen-bond donors (Lipinski definition) is 1. The second kappa shape index (κ2) is 2.71. The van der Waals surface area contributed by atoms with Crippen LogP contribution in [0.2, 0.25) is 0 Å². The predicted molar refractivity (Wildman–Crippen MR) is 37.9 cm³/mol. The average Bonchev–Trinajstić information content (AvgIpc) is 2.30. The molecule has 0 aliphatic carbocycles. The Balaban J connectivity index is 2.58. The van der Waals surface area contributed by atoms with Gasteiger partial charge < -0.3 is 9.47 Å². The average molecular weight is 162 g/mol. The second-order valence-corrected chi connectivity index (χ2v) is 3.17. The Morgan fingerprint density at radius 1 is 1.27 bits per heavy atom. The van der Waals surface area contributed by atoms with Gasteiger partial charge in [0.15, 0.2) is 5.79 Å². The number of methoxy groups -OCH3 is 1. The van der Waals surface area contributed by atoms with Gasteiger partial charge in [0.05, 0.1) is 0 Å². The highest BCUT2D eigenvalue weighted by Gasteiger charge is 2.45. The molecule has 0 aromatic heterocycles. The molecule has 11 heavy (non-hydrogen) atoms. The van der Waals surface area contributed by atoms with Crippen LogP contribution in [0.3, 0.4) is 0 Å². The molecule has 1 fully saturated rings. The van der Waals surface area contributed by atoms with Crippen LogP contribution in [-0.2, 0) is 14.4 Å². The summed E-state index contributed by atoms with van der Waals surface area (Å²) in [7, 11) is 1.57. The maximum absolute atomic E-state index is 8.47. The van der Waals surface area contributed by atoms with Gasteiger partial charge in [0.1, 0.15) is 0 Å². The summed E-state index contributed by atoms with van der Waals surface area (Å²) in [6.07, 6.45) is 1.36. The molecule has 4 nitrogen and oxygen atoms in total. The molecule has 0 aromatic rings. The third-order valence-electron chi connectivity index (χ3n) is 2.09. The predicted octanol–water partition coefficient (Wildman–Crippen LogP) is 1.37. The smallest absolute Gasteiger partial charge is 0.201 e. The summed E-state index contributed by atoms with van der Waals surface area (Å²) >= 11 is 0. The van der Waals surface area contributed by atoms with E-state index in [1.54, 1.807) is 14.0 Å². The fraction of sp³-hybridized carbons (Fsp3) is 1.00. The van der Waals surface area contributed by atoms with E-state index in [-0.39, 0.29) is 0 Å². The zero-order valence-corrected chi connectivity index (χ0v) is 7.09. The summed E-state index contributed by atoms with van der Waals surface area (Å²) < 4.78 is 10.4. The van der Waals surface area contributed by atoms with Gasteiger partial charge >= 0.3 is 0 Å². The van der Waals surface area contributed by atoms with E-state index in [1.807, 2.05) is 6.92 Å². The maximum atomic E-state index is 8.47. The highest BCUT2D eigenvalue weighted by Crippen LogP contribution is 2.37. The Hall–Kier alpha value is -0.160. The van der Waals surface area contributed by atoms with Gasteiger partial charge in [-0.1, -0.05) is 0 Å². The second-order valence-electron chi connectivity index (χ2n) is 3.17. The molecule has 0 spiro atoms. The molecule has 2 atom stereocenters. The van der Waals surface area contributed by atoms with E-state index in [1.165, 1.54) is 0 Å². The van der Waals surface area contributed by atoms with Crippen molar-refractivity contribution in [2.75, 3.05) is 7.11 Å². The lowest BCUT2D eigenvalue weighted by molar-refractivity contribution is -0.416. The van der Waals surface area contributed by atoms with E-state index >= 15 is 0 Å². The standard InChI is InChI=1S/C7H14O4/c1-6(9-3)4-5-7(2,10-6)11-8/h8H,4-5H2,1-3H3. The van der Waals surface area contributed by atoms with Crippen LogP contribution in [0.25, 0.3) is 0 Å². The SMILES string of the molecule is COC1(C)CCC(C)(OO)O1. The topological polar surface area (TPSA) is 47.9 Å². The fourth-order valence-corrected chi connectivity index (χ4v) is 1.22. The Kier molecular flexibility index (Phi) is 2.20. The van der Waals surface area contributed by atoms with Gasteiger partial charge in [-0.25, -0.2) is 10.1 Å². The normalized spacial score (nSPS) is 44.7. The third kappa shape index (κ3) is 1.70. The molecule has 1 aliphatic rings. The van der Waals surface area contributed by atoms with Gasteiger partial charge in [0.25, 0.3) is 0 Å². The van der Waals surface area contributed by atoms with E-state index in [9.17, 15) is 0 Å². The zero-order chi connectivity index (χ0) is 8.54. The van der Waals surface area contributed by atoms with Crippen LogP contribution < -0.4 is 0 Å². The Bertz CT molecular complexity index is 133. The summed E-state index contributed by atoms with van der Waals surface area (Å²) in [5.41, 5.74) is 0. The molecule has 1 aliphatic heterocycles. The van der Waals surface area contributed by atoms with E-state index in [0.717, 1.165) is 6.42 Å². The molecule has 1 N–H and O–H groups in total. The molecule has 1 saturated heterocycles. The van der Waals surface area contributed by atoms with Gasteiger partial charge in [0.2, 0.25) is 5.79 Å². The molecular weight excluding hydrogens is 148 g/mol. The summed E-state index contributed by atoms with van der Waals surface area (Å²) in [6, 6.07) is 0. The quantitative estimate of drug-likeness (QED) is 0.492. The van der Waals surface area contributed by atoms with Crippen molar-refractivity contribution >= 4 is 0 Å². The third-order valence-corrected chi connectivity index (χ3v) is 2.09. The van der Waals surface area contributed by atoms with Crippen molar-refractivity contribution in [3.63, 3.8) is 0 Å². The number of rotatable bonds is 2. The molecule has 0 aromatic carbocycles. The van der Waals surface area contributed by atoms with Crippen molar-refractivity contribution < 1.29 is 19.6 Å². The van der Waals surface area contributed by atoms with Crippen LogP contribution in [0.4, 0.5) is 0 Å². The lowest BCUT2D eigenvalue weighted by Gasteiger charge is -2.26. The van der Waals surface area contributed by atoms with Crippen molar-refractivity contribution in [1.29, 1.82) is 0 Å². The molecule has 1 heterocycles. The monoisotopic (exact) mass is 162 g/mol. The Labute approximate surface area is 66.0 Å². The number of ether oxygens (including phenoxy) is 2. The van der Waals surface area contributed by atoms with Crippen molar-refractivity contribution in [3.05, 3.63) is 0 Å². The van der Waals surface area contributed by atoms with Crippen LogP contribution in [0.1, 0.15) is 26.7 Å². The van der Waals surface area contributed by atoms with Crippen LogP contribution >= 0.6 is 0 Å². The lowest BCUT2D eigenvalue weighted by Crippen LogP contribution is -2.33. The summed E-state index contributed by atoms with van der Waals surface area (Å²) in [5, 5.41) is 8.47. The summed E-state index contributed by atoms with van der Waals surface area (Å²) in [5.74, 6) is -1.51. The van der Waals surface area contributed by atoms with Gasteiger partial charge in [-0.05, 0) is 13.8 Å². The van der Waals surface area contributed by atoms with Crippen molar-refractivity contribution in [3.8, 4) is 0 Å². The van der Waals surface area contributed by atoms with Gasteiger partial charge in [-0.2, -0.15) is 0 Å². The largest absolute Gasteiger partial charge is 0.353 e. The minimum absolute atomic E-state index is 0.614. The minimum atomic E-state index is -0.898. The first-order valence-corrected chi connectivity index (χ1v) is 3.61. The fourth-order valence-electron chi connectivity index (χ4n) is 1.22. The van der Waals surface area contributed by atoms with Gasteiger partial charge in [-0.3, -0.25) is 0 Å². The molecule has 66 valence electrons. The van der Waals surface area contributed by atoms with Gasteiger partial charge in [-0.15, -0.1) is 0 Å². The molecule has 1 rings (SSSR count). The molecule has 2 unspecified atom stereocenters. The minimum Gasteiger partial charge on any atom is -0.353 e. The van der Waals surface area contributed by atoms with Crippen LogP contribution in [0, 0.1) is 0 Å². The van der Waals surface area contributed by atoms with E-state index in [2.05, 4.69) is 4.89 Å². The zero-order valence-electron chi connectivity index (χ0n) is 7.09. The molecule has 4 heteroatoms. The molecule has 0 amide bonds. The Morgan fingerprint density at radius 3 is 2.09 bits per heavy atom. The van der Waals surface area contributed by atoms with Gasteiger partial charge in [0, 0.05) is 20.0 Å². The first kappa shape index (κ1) is 8.93. The first-order valence-electron chi connectivity index (χ1n) is 3.61. The summed E-state index contributed by atoms with van der Waals surface area (Å²) in [6.45, 7) is 3.49. The molecule has 0 saturated carbocycles.